The molecule has 1 heterocycles. The Balaban J connectivity index is 1.99. The third-order valence-corrected chi connectivity index (χ3v) is 4.05. The molecule has 0 saturated carbocycles. The smallest absolute Gasteiger partial charge is 0.205 e. The Morgan fingerprint density at radius 2 is 1.89 bits per heavy atom. The molecule has 0 saturated heterocycles. The van der Waals surface area contributed by atoms with Crippen LogP contribution < -0.4 is 19.5 Å². The first-order chi connectivity index (χ1) is 13.2. The Labute approximate surface area is 156 Å². The molecule has 0 aliphatic rings. The number of anilines is 1. The number of methoxy groups -OCH3 is 3. The van der Waals surface area contributed by atoms with Gasteiger partial charge in [0.2, 0.25) is 5.75 Å². The van der Waals surface area contributed by atoms with Gasteiger partial charge < -0.3 is 24.7 Å². The topological polar surface area (TPSA) is 98.1 Å². The van der Waals surface area contributed by atoms with Gasteiger partial charge in [0.25, 0.3) is 0 Å². The van der Waals surface area contributed by atoms with Gasteiger partial charge in [-0.1, -0.05) is 23.4 Å². The van der Waals surface area contributed by atoms with E-state index >= 15 is 0 Å². The van der Waals surface area contributed by atoms with E-state index < -0.39 is 0 Å². The van der Waals surface area contributed by atoms with Gasteiger partial charge in [-0.15, -0.1) is 0 Å². The van der Waals surface area contributed by atoms with E-state index in [1.54, 1.807) is 21.3 Å². The van der Waals surface area contributed by atoms with Crippen molar-refractivity contribution >= 4 is 22.9 Å². The Kier molecular flexibility index (Phi) is 5.55. The van der Waals surface area contributed by atoms with Crippen molar-refractivity contribution < 1.29 is 19.4 Å². The molecule has 0 fully saturated rings. The second-order valence-electron chi connectivity index (χ2n) is 5.61. The lowest BCUT2D eigenvalue weighted by atomic mass is 10.1. The molecule has 1 aromatic heterocycles. The van der Waals surface area contributed by atoms with E-state index in [1.807, 2.05) is 30.3 Å². The maximum absolute atomic E-state index is 8.68. The van der Waals surface area contributed by atoms with Gasteiger partial charge in [-0.05, 0) is 23.3 Å². The number of benzene rings is 2. The van der Waals surface area contributed by atoms with Crippen LogP contribution in [0.1, 0.15) is 11.1 Å². The number of hydrogen-bond donors (Lipinski definition) is 2. The van der Waals surface area contributed by atoms with Crippen molar-refractivity contribution in [2.75, 3.05) is 26.6 Å². The lowest BCUT2D eigenvalue weighted by Gasteiger charge is -2.16. The molecule has 0 atom stereocenters. The van der Waals surface area contributed by atoms with Gasteiger partial charge in [0.05, 0.1) is 32.9 Å². The number of nitrogens with one attached hydrogen (secondary N) is 1. The molecule has 140 valence electrons. The van der Waals surface area contributed by atoms with E-state index in [9.17, 15) is 0 Å². The normalized spacial score (nSPS) is 10.9. The molecule has 3 rings (SSSR count). The minimum absolute atomic E-state index is 0.480. The van der Waals surface area contributed by atoms with Gasteiger partial charge in [0.15, 0.2) is 11.5 Å². The van der Waals surface area contributed by atoms with Crippen LogP contribution in [0, 0.1) is 0 Å². The van der Waals surface area contributed by atoms with Crippen molar-refractivity contribution in [1.29, 1.82) is 0 Å². The molecule has 8 heteroatoms. The molecule has 2 aromatic carbocycles. The molecule has 0 bridgehead atoms. The summed E-state index contributed by atoms with van der Waals surface area (Å²) in [6, 6.07) is 9.44. The molecule has 3 aromatic rings. The summed E-state index contributed by atoms with van der Waals surface area (Å²) in [7, 11) is 4.67. The molecule has 27 heavy (non-hydrogen) atoms. The largest absolute Gasteiger partial charge is 0.493 e. The minimum atomic E-state index is 0.480. The van der Waals surface area contributed by atoms with E-state index in [1.165, 1.54) is 12.5 Å². The van der Waals surface area contributed by atoms with Crippen molar-refractivity contribution in [3.8, 4) is 17.2 Å². The number of ether oxygens (including phenoxy) is 3. The van der Waals surface area contributed by atoms with Crippen molar-refractivity contribution in [2.24, 2.45) is 5.16 Å². The number of oxime groups is 1. The van der Waals surface area contributed by atoms with E-state index in [4.69, 9.17) is 19.4 Å². The summed E-state index contributed by atoms with van der Waals surface area (Å²) in [5, 5.41) is 15.8. The summed E-state index contributed by atoms with van der Waals surface area (Å²) in [6.45, 7) is 0.524. The predicted octanol–water partition coefficient (Wildman–Crippen LogP) is 3.08. The van der Waals surface area contributed by atoms with Crippen LogP contribution in [0.25, 0.3) is 10.9 Å². The monoisotopic (exact) mass is 368 g/mol. The fourth-order valence-electron chi connectivity index (χ4n) is 2.84. The summed E-state index contributed by atoms with van der Waals surface area (Å²) in [5.41, 5.74) is 2.43. The summed E-state index contributed by atoms with van der Waals surface area (Å²) < 4.78 is 16.3. The first-order valence-corrected chi connectivity index (χ1v) is 8.15. The molecule has 0 aliphatic heterocycles. The standard InChI is InChI=1S/C19H20N4O4/c1-25-15-8-14-16(18(27-3)17(15)26-2)21-11-22-19(14)20-9-12-5-4-6-13(7-12)10-23-24/h4-8,10-11,24H,9H2,1-3H3,(H,20,21,22)/b23-10-. The van der Waals surface area contributed by atoms with Crippen molar-refractivity contribution in [3.63, 3.8) is 0 Å². The van der Waals surface area contributed by atoms with E-state index in [0.29, 0.717) is 35.1 Å². The van der Waals surface area contributed by atoms with Crippen LogP contribution in [0.5, 0.6) is 17.2 Å². The Morgan fingerprint density at radius 1 is 1.07 bits per heavy atom. The minimum Gasteiger partial charge on any atom is -0.493 e. The highest BCUT2D eigenvalue weighted by atomic mass is 16.5. The van der Waals surface area contributed by atoms with E-state index in [2.05, 4.69) is 20.4 Å². The predicted molar refractivity (Wildman–Crippen MR) is 102 cm³/mol. The van der Waals surface area contributed by atoms with Crippen LogP contribution in [-0.4, -0.2) is 42.7 Å². The SMILES string of the molecule is COc1cc2c(NCc3cccc(/C=N\O)c3)ncnc2c(OC)c1OC. The van der Waals surface area contributed by atoms with Gasteiger partial charge in [0, 0.05) is 6.54 Å². The van der Waals surface area contributed by atoms with Crippen LogP contribution in [0.15, 0.2) is 41.8 Å². The summed E-state index contributed by atoms with van der Waals surface area (Å²) in [6.07, 6.45) is 2.85. The molecule has 0 radical (unpaired) electrons. The van der Waals surface area contributed by atoms with Gasteiger partial charge in [-0.25, -0.2) is 9.97 Å². The van der Waals surface area contributed by atoms with Crippen LogP contribution in [0.2, 0.25) is 0 Å². The van der Waals surface area contributed by atoms with Gasteiger partial charge in [-0.3, -0.25) is 0 Å². The highest BCUT2D eigenvalue weighted by Crippen LogP contribution is 2.43. The molecule has 0 unspecified atom stereocenters. The highest BCUT2D eigenvalue weighted by molar-refractivity contribution is 5.96. The maximum Gasteiger partial charge on any atom is 0.205 e. The van der Waals surface area contributed by atoms with Crippen LogP contribution in [0.4, 0.5) is 5.82 Å². The maximum atomic E-state index is 8.68. The fourth-order valence-corrected chi connectivity index (χ4v) is 2.84. The fraction of sp³-hybridized carbons (Fsp3) is 0.211. The quantitative estimate of drug-likeness (QED) is 0.376. The Morgan fingerprint density at radius 3 is 2.59 bits per heavy atom. The molecular weight excluding hydrogens is 348 g/mol. The number of nitrogens with zero attached hydrogens (tertiary/aromatic N) is 3. The lowest BCUT2D eigenvalue weighted by Crippen LogP contribution is -2.04. The van der Waals surface area contributed by atoms with Gasteiger partial charge in [0.1, 0.15) is 17.7 Å². The zero-order valence-electron chi connectivity index (χ0n) is 15.3. The second-order valence-corrected chi connectivity index (χ2v) is 5.61. The van der Waals surface area contributed by atoms with Gasteiger partial charge in [-0.2, -0.15) is 0 Å². The van der Waals surface area contributed by atoms with Crippen molar-refractivity contribution in [2.45, 2.75) is 6.54 Å². The van der Waals surface area contributed by atoms with E-state index in [-0.39, 0.29) is 0 Å². The van der Waals surface area contributed by atoms with Crippen LogP contribution >= 0.6 is 0 Å². The Bertz CT molecular complexity index is 975. The van der Waals surface area contributed by atoms with Crippen LogP contribution in [-0.2, 0) is 6.54 Å². The zero-order valence-corrected chi connectivity index (χ0v) is 15.3. The number of rotatable bonds is 7. The summed E-state index contributed by atoms with van der Waals surface area (Å²) in [4.78, 5) is 8.68. The zero-order chi connectivity index (χ0) is 19.2. The Hall–Kier alpha value is -3.55. The summed E-state index contributed by atoms with van der Waals surface area (Å²) >= 11 is 0. The first kappa shape index (κ1) is 18.2. The lowest BCUT2D eigenvalue weighted by molar-refractivity contribution is 0.322. The average molecular weight is 368 g/mol. The van der Waals surface area contributed by atoms with Crippen molar-refractivity contribution in [1.82, 2.24) is 9.97 Å². The number of hydrogen-bond acceptors (Lipinski definition) is 8. The van der Waals surface area contributed by atoms with Crippen molar-refractivity contribution in [3.05, 3.63) is 47.8 Å². The molecule has 0 spiro atoms. The molecule has 0 aliphatic carbocycles. The number of fused-ring (bicyclic) bond motifs is 1. The first-order valence-electron chi connectivity index (χ1n) is 8.15. The van der Waals surface area contributed by atoms with E-state index in [0.717, 1.165) is 16.5 Å². The average Bonchev–Trinajstić information content (AvgIpc) is 2.71. The second kappa shape index (κ2) is 8.22. The molecule has 0 amide bonds. The number of aromatic nitrogens is 2. The third kappa shape index (κ3) is 3.69. The van der Waals surface area contributed by atoms with Crippen LogP contribution in [0.3, 0.4) is 0 Å². The molecule has 2 N–H and O–H groups in total. The third-order valence-electron chi connectivity index (χ3n) is 4.05. The van der Waals surface area contributed by atoms with Gasteiger partial charge >= 0.3 is 0 Å². The molecular formula is C19H20N4O4. The molecule has 8 nitrogen and oxygen atoms in total. The highest BCUT2D eigenvalue weighted by Gasteiger charge is 2.19. The summed E-state index contributed by atoms with van der Waals surface area (Å²) in [5.74, 6) is 2.13.